The second-order valence-electron chi connectivity index (χ2n) is 23.0. The van der Waals surface area contributed by atoms with E-state index in [-0.39, 0.29) is 108 Å². The van der Waals surface area contributed by atoms with Crippen LogP contribution in [0.2, 0.25) is 0 Å². The number of aromatic nitrogens is 2. The van der Waals surface area contributed by atoms with E-state index in [0.29, 0.717) is 146 Å². The highest BCUT2D eigenvalue weighted by Crippen LogP contribution is 2.50. The van der Waals surface area contributed by atoms with Crippen LogP contribution in [0.1, 0.15) is 91.3 Å². The number of cyclic esters (lactones) is 1. The van der Waals surface area contributed by atoms with E-state index in [2.05, 4.69) is 31.9 Å². The van der Waals surface area contributed by atoms with Crippen LogP contribution in [0.25, 0.3) is 22.3 Å². The quantitative estimate of drug-likeness (QED) is 0.0123. The average molecular weight is 1320 g/mol. The Balaban J connectivity index is 0.575. The molecule has 5 heterocycles. The number of esters is 1. The molecule has 514 valence electrons. The highest BCUT2D eigenvalue weighted by Gasteiger charge is 2.47. The second-order valence-corrected chi connectivity index (χ2v) is 23.0. The molecule has 8 rings (SSSR count). The highest BCUT2D eigenvalue weighted by molar-refractivity contribution is 6.13. The van der Waals surface area contributed by atoms with Gasteiger partial charge in [-0.1, -0.05) is 6.92 Å². The van der Waals surface area contributed by atoms with Crippen LogP contribution in [0.15, 0.2) is 29.1 Å². The monoisotopic (exact) mass is 1320 g/mol. The number of hydrogen-bond donors (Lipinski definition) is 7. The van der Waals surface area contributed by atoms with Crippen molar-refractivity contribution in [1.82, 2.24) is 46.4 Å². The van der Waals surface area contributed by atoms with Crippen molar-refractivity contribution in [3.8, 4) is 11.4 Å². The van der Waals surface area contributed by atoms with E-state index in [1.807, 2.05) is 0 Å². The van der Waals surface area contributed by atoms with Crippen molar-refractivity contribution in [2.45, 2.75) is 90.0 Å². The van der Waals surface area contributed by atoms with Crippen molar-refractivity contribution in [3.05, 3.63) is 73.8 Å². The van der Waals surface area contributed by atoms with Gasteiger partial charge in [-0.05, 0) is 61.8 Å². The third-order valence-corrected chi connectivity index (χ3v) is 16.4. The Kier molecular flexibility index (Phi) is 27.4. The lowest BCUT2D eigenvalue weighted by atomic mass is 9.81. The van der Waals surface area contributed by atoms with Crippen LogP contribution in [0, 0.1) is 18.2 Å². The van der Waals surface area contributed by atoms with Crippen molar-refractivity contribution < 1.29 is 100 Å². The summed E-state index contributed by atoms with van der Waals surface area (Å²) < 4.78 is 71.6. The third kappa shape index (κ3) is 20.2. The van der Waals surface area contributed by atoms with Gasteiger partial charge in [-0.15, -0.1) is 0 Å². The molecule has 3 aromatic rings. The van der Waals surface area contributed by atoms with E-state index < -0.39 is 82.9 Å². The zero-order valence-corrected chi connectivity index (χ0v) is 53.1. The molecule has 1 fully saturated rings. The normalized spacial score (nSPS) is 17.1. The minimum atomic E-state index is -2.03. The van der Waals surface area contributed by atoms with Gasteiger partial charge >= 0.3 is 5.97 Å². The Labute approximate surface area is 541 Å². The number of ether oxygens (including phenoxy) is 10. The van der Waals surface area contributed by atoms with Gasteiger partial charge in [0.05, 0.1) is 167 Å². The number of aryl methyl sites for hydroxylation is 1. The number of amides is 8. The summed E-state index contributed by atoms with van der Waals surface area (Å²) in [5, 5.41) is 27.8. The Morgan fingerprint density at radius 2 is 1.18 bits per heavy atom. The summed E-state index contributed by atoms with van der Waals surface area (Å²) in [6.45, 7) is 7.68. The van der Waals surface area contributed by atoms with E-state index in [9.17, 15) is 53.1 Å². The predicted octanol–water partition coefficient (Wildman–Crippen LogP) is -0.806. The minimum Gasteiger partial charge on any atom is -0.458 e. The van der Waals surface area contributed by atoms with Crippen molar-refractivity contribution in [1.29, 1.82) is 0 Å². The summed E-state index contributed by atoms with van der Waals surface area (Å²) in [6.07, 6.45) is 4.80. The number of halogens is 1. The first-order valence-electron chi connectivity index (χ1n) is 31.6. The van der Waals surface area contributed by atoms with Crippen LogP contribution in [0.4, 0.5) is 4.39 Å². The van der Waals surface area contributed by atoms with Crippen LogP contribution < -0.4 is 37.5 Å². The van der Waals surface area contributed by atoms with Crippen LogP contribution in [0.3, 0.4) is 0 Å². The van der Waals surface area contributed by atoms with Gasteiger partial charge in [-0.2, -0.15) is 0 Å². The number of carbonyl (C=O) groups excluding carboxylic acids is 9. The molecule has 1 aromatic carbocycles. The first kappa shape index (κ1) is 72.1. The molecule has 2 aromatic heterocycles. The Morgan fingerprint density at radius 3 is 1.74 bits per heavy atom. The van der Waals surface area contributed by atoms with E-state index in [4.69, 9.17) is 52.4 Å². The van der Waals surface area contributed by atoms with Crippen molar-refractivity contribution >= 4 is 64.1 Å². The molecule has 0 unspecified atom stereocenters. The SMILES string of the molecule is CC[C@@]1(O)C(=O)OCc2c1cc1n(c2=O)Cc2c-1nc1cc(F)c(C)c3c1c2[C@@H](NC(=O)CC1(COCNC(=O)CNC(=O)CNC(=O)CNC(=O)CCOCCOCCOCCOCCOCCOCCOCCOCCNC(=O)CCN2C(=O)C=CC2=O)CC1)CC3. The average Bonchev–Trinajstić information content (AvgIpc) is 1.46. The second kappa shape index (κ2) is 35.7. The molecule has 1 saturated carbocycles. The van der Waals surface area contributed by atoms with E-state index in [1.54, 1.807) is 19.9 Å². The number of benzene rings is 1. The number of nitrogens with one attached hydrogen (secondary N) is 6. The van der Waals surface area contributed by atoms with Gasteiger partial charge < -0.3 is 88.9 Å². The van der Waals surface area contributed by atoms with Gasteiger partial charge in [0.2, 0.25) is 35.4 Å². The Hall–Kier alpha value is -7.72. The van der Waals surface area contributed by atoms with Crippen LogP contribution in [-0.4, -0.2) is 225 Å². The maximum Gasteiger partial charge on any atom is 0.343 e. The number of aliphatic hydroxyl groups is 1. The number of nitrogens with zero attached hydrogens (tertiary/aromatic N) is 3. The maximum absolute atomic E-state index is 15.4. The summed E-state index contributed by atoms with van der Waals surface area (Å²) in [5.41, 5.74) is 1.21. The largest absolute Gasteiger partial charge is 0.458 e. The first-order valence-corrected chi connectivity index (χ1v) is 31.6. The number of hydrogen-bond acceptors (Lipinski definition) is 22. The van der Waals surface area contributed by atoms with Gasteiger partial charge in [0.1, 0.15) is 19.2 Å². The van der Waals surface area contributed by atoms with Crippen molar-refractivity contribution in [3.63, 3.8) is 0 Å². The molecule has 2 atom stereocenters. The summed E-state index contributed by atoms with van der Waals surface area (Å²) >= 11 is 0. The van der Waals surface area contributed by atoms with Gasteiger partial charge in [0.15, 0.2) is 5.60 Å². The molecule has 94 heavy (non-hydrogen) atoms. The third-order valence-electron chi connectivity index (χ3n) is 16.4. The van der Waals surface area contributed by atoms with Crippen molar-refractivity contribution in [2.24, 2.45) is 5.41 Å². The summed E-state index contributed by atoms with van der Waals surface area (Å²) in [4.78, 5) is 131. The van der Waals surface area contributed by atoms with Gasteiger partial charge in [0.25, 0.3) is 17.4 Å². The predicted molar refractivity (Wildman–Crippen MR) is 327 cm³/mol. The van der Waals surface area contributed by atoms with E-state index in [0.717, 1.165) is 21.4 Å². The molecule has 5 aliphatic rings. The van der Waals surface area contributed by atoms with E-state index in [1.165, 1.54) is 22.8 Å². The number of fused-ring (bicyclic) bond motifs is 5. The molecule has 0 radical (unpaired) electrons. The van der Waals surface area contributed by atoms with Gasteiger partial charge in [-0.25, -0.2) is 14.2 Å². The standard InChI is InChI=1S/C63H84FN9O21/c1-3-63(84)44-30-48-59-42(36-73(48)60(82)43(44)37-94-61(63)83)58-46(5-4-41-40(2)45(64)31-47(71-59)57(41)58)70-51(76)32-62(10-11-62)38-93-39-69-54(79)35-68-53(78)34-67-52(77)33-66-50(75)9-14-85-16-18-87-20-22-89-24-26-91-28-29-92-27-25-90-23-21-88-19-17-86-15-12-65-49(74)8-13-72-55(80)6-7-56(72)81/h6-7,30-31,46,84H,3-5,8-29,32-39H2,1-2H3,(H,65,74)(H,66,75)(H,67,77)(H,68,78)(H,69,79)(H,70,76)/t46-,63-/m0/s1. The van der Waals surface area contributed by atoms with Gasteiger partial charge in [0, 0.05) is 72.5 Å². The highest BCUT2D eigenvalue weighted by atomic mass is 19.1. The molecule has 0 spiro atoms. The minimum absolute atomic E-state index is 0.00983. The molecule has 3 aliphatic heterocycles. The summed E-state index contributed by atoms with van der Waals surface area (Å²) in [7, 11) is 0. The van der Waals surface area contributed by atoms with Crippen LogP contribution in [-0.2, 0) is 116 Å². The van der Waals surface area contributed by atoms with Crippen LogP contribution >= 0.6 is 0 Å². The van der Waals surface area contributed by atoms with Crippen LogP contribution in [0.5, 0.6) is 0 Å². The fourth-order valence-electron chi connectivity index (χ4n) is 11.1. The van der Waals surface area contributed by atoms with Crippen molar-refractivity contribution in [2.75, 3.05) is 152 Å². The fourth-order valence-corrected chi connectivity index (χ4v) is 11.1. The fraction of sp³-hybridized carbons (Fsp3) is 0.603. The molecule has 2 aliphatic carbocycles. The molecule has 7 N–H and O–H groups in total. The lowest BCUT2D eigenvalue weighted by Crippen LogP contribution is -2.44. The zero-order valence-electron chi connectivity index (χ0n) is 53.1. The Morgan fingerprint density at radius 1 is 0.649 bits per heavy atom. The zero-order chi connectivity index (χ0) is 67.0. The summed E-state index contributed by atoms with van der Waals surface area (Å²) in [5.74, 6) is -4.89. The number of carbonyl (C=O) groups is 9. The molecule has 8 amide bonds. The molecule has 30 nitrogen and oxygen atoms in total. The topological polar surface area (TPSA) is 376 Å². The Bertz CT molecular complexity index is 3300. The molecular weight excluding hydrogens is 1240 g/mol. The number of pyridine rings is 2. The number of imide groups is 1. The van der Waals surface area contributed by atoms with Gasteiger partial charge in [-0.3, -0.25) is 48.1 Å². The molecule has 0 saturated heterocycles. The molecule has 0 bridgehead atoms. The lowest BCUT2D eigenvalue weighted by molar-refractivity contribution is -0.172. The van der Waals surface area contributed by atoms with E-state index >= 15 is 4.39 Å². The maximum atomic E-state index is 15.4. The number of rotatable bonds is 44. The summed E-state index contributed by atoms with van der Waals surface area (Å²) in [6, 6.07) is 2.44. The smallest absolute Gasteiger partial charge is 0.343 e. The molecule has 31 heteroatoms. The lowest BCUT2D eigenvalue weighted by Gasteiger charge is -2.31. The first-order chi connectivity index (χ1) is 45.4. The molecular formula is C63H84FN9O21.